The number of nitrogens with one attached hydrogen (secondary N) is 1. The molecule has 3 aromatic rings. The number of carbonyl (C=O) groups is 1. The smallest absolute Gasteiger partial charge is 0.261 e. The summed E-state index contributed by atoms with van der Waals surface area (Å²) in [7, 11) is -0.760. The first-order valence-electron chi connectivity index (χ1n) is 8.48. The van der Waals surface area contributed by atoms with Gasteiger partial charge >= 0.3 is 0 Å². The van der Waals surface area contributed by atoms with Gasteiger partial charge in [0, 0.05) is 17.1 Å². The third-order valence-corrected chi connectivity index (χ3v) is 6.23. The normalized spacial score (nSPS) is 11.1. The van der Waals surface area contributed by atoms with Crippen LogP contribution in [0.25, 0.3) is 0 Å². The molecule has 0 spiro atoms. The minimum absolute atomic E-state index is 0.0901. The van der Waals surface area contributed by atoms with Crippen LogP contribution in [0.4, 0.5) is 5.13 Å². The Kier molecular flexibility index (Phi) is 6.14. The Hall–Kier alpha value is -2.98. The van der Waals surface area contributed by atoms with E-state index in [1.54, 1.807) is 24.3 Å². The zero-order chi connectivity index (χ0) is 21.0. The lowest BCUT2D eigenvalue weighted by molar-refractivity contribution is 0.102. The number of sulfone groups is 1. The van der Waals surface area contributed by atoms with Gasteiger partial charge in [-0.3, -0.25) is 10.1 Å². The second-order valence-electron chi connectivity index (χ2n) is 6.15. The van der Waals surface area contributed by atoms with Gasteiger partial charge < -0.3 is 9.47 Å². The predicted molar refractivity (Wildman–Crippen MR) is 109 cm³/mol. The average Bonchev–Trinajstić information content (AvgIpc) is 3.18. The Labute approximate surface area is 172 Å². The van der Waals surface area contributed by atoms with Crippen molar-refractivity contribution in [1.29, 1.82) is 0 Å². The number of amides is 1. The number of anilines is 1. The number of hydrogen-bond donors (Lipinski definition) is 1. The van der Waals surface area contributed by atoms with Gasteiger partial charge in [-0.05, 0) is 30.7 Å². The van der Waals surface area contributed by atoms with E-state index in [2.05, 4.69) is 14.7 Å². The van der Waals surface area contributed by atoms with Gasteiger partial charge in [-0.25, -0.2) is 8.42 Å². The molecular formula is C19H19N3O5S2. The highest BCUT2D eigenvalue weighted by Gasteiger charge is 2.22. The van der Waals surface area contributed by atoms with Crippen LogP contribution in [-0.4, -0.2) is 37.9 Å². The van der Waals surface area contributed by atoms with Crippen molar-refractivity contribution in [2.45, 2.75) is 17.8 Å². The highest BCUT2D eigenvalue weighted by molar-refractivity contribution is 7.90. The number of carbonyl (C=O) groups excluding carboxylic acids is 1. The zero-order valence-electron chi connectivity index (χ0n) is 16.0. The molecule has 0 fully saturated rings. The Morgan fingerprint density at radius 1 is 1.07 bits per heavy atom. The monoisotopic (exact) mass is 433 g/mol. The van der Waals surface area contributed by atoms with E-state index in [-0.39, 0.29) is 16.0 Å². The van der Waals surface area contributed by atoms with Gasteiger partial charge in [0.05, 0.1) is 20.0 Å². The Bertz CT molecular complexity index is 1130. The van der Waals surface area contributed by atoms with Crippen LogP contribution in [-0.2, 0) is 15.6 Å². The van der Waals surface area contributed by atoms with Crippen LogP contribution < -0.4 is 14.8 Å². The molecule has 2 aromatic carbocycles. The van der Waals surface area contributed by atoms with Crippen molar-refractivity contribution < 1.29 is 22.7 Å². The maximum atomic E-state index is 12.5. The number of ether oxygens (including phenoxy) is 2. The van der Waals surface area contributed by atoms with Crippen LogP contribution in [0.15, 0.2) is 47.6 Å². The Balaban J connectivity index is 1.74. The molecule has 0 aliphatic heterocycles. The van der Waals surface area contributed by atoms with Gasteiger partial charge in [-0.2, -0.15) is 9.36 Å². The number of benzene rings is 2. The van der Waals surface area contributed by atoms with E-state index in [4.69, 9.17) is 9.47 Å². The van der Waals surface area contributed by atoms with Crippen molar-refractivity contribution in [2.75, 3.05) is 19.5 Å². The first kappa shape index (κ1) is 20.7. The van der Waals surface area contributed by atoms with E-state index in [0.29, 0.717) is 22.6 Å². The maximum Gasteiger partial charge on any atom is 0.261 e. The lowest BCUT2D eigenvalue weighted by Crippen LogP contribution is -2.12. The molecule has 0 aliphatic carbocycles. The first-order valence-corrected chi connectivity index (χ1v) is 10.9. The molecule has 1 heterocycles. The van der Waals surface area contributed by atoms with E-state index in [1.807, 2.05) is 19.1 Å². The molecule has 1 amide bonds. The van der Waals surface area contributed by atoms with Crippen LogP contribution in [0, 0.1) is 6.92 Å². The Morgan fingerprint density at radius 3 is 2.41 bits per heavy atom. The maximum absolute atomic E-state index is 12.5. The fourth-order valence-electron chi connectivity index (χ4n) is 2.50. The second kappa shape index (κ2) is 8.58. The number of nitrogens with zero attached hydrogens (tertiary/aromatic N) is 2. The lowest BCUT2D eigenvalue weighted by atomic mass is 10.2. The van der Waals surface area contributed by atoms with Crippen LogP contribution in [0.2, 0.25) is 0 Å². The van der Waals surface area contributed by atoms with Gasteiger partial charge in [0.25, 0.3) is 11.1 Å². The SMILES string of the molecule is COc1ccc(C(=O)Nc2nc(S(=O)(=O)Cc3ccc(C)cc3)ns2)cc1OC. The summed E-state index contributed by atoms with van der Waals surface area (Å²) >= 11 is 0.802. The number of aromatic nitrogens is 2. The van der Waals surface area contributed by atoms with Crippen molar-refractivity contribution >= 4 is 32.4 Å². The van der Waals surface area contributed by atoms with E-state index in [1.165, 1.54) is 20.3 Å². The van der Waals surface area contributed by atoms with Gasteiger partial charge in [0.1, 0.15) is 0 Å². The number of hydrogen-bond acceptors (Lipinski definition) is 8. The fraction of sp³-hybridized carbons (Fsp3) is 0.211. The summed E-state index contributed by atoms with van der Waals surface area (Å²) in [5.74, 6) is 0.209. The molecule has 152 valence electrons. The lowest BCUT2D eigenvalue weighted by Gasteiger charge is -2.09. The fourth-order valence-corrected chi connectivity index (χ4v) is 4.59. The van der Waals surface area contributed by atoms with Crippen LogP contribution in [0.5, 0.6) is 11.5 Å². The average molecular weight is 434 g/mol. The summed E-state index contributed by atoms with van der Waals surface area (Å²) in [6, 6.07) is 11.9. The van der Waals surface area contributed by atoms with Crippen molar-refractivity contribution in [1.82, 2.24) is 9.36 Å². The molecule has 29 heavy (non-hydrogen) atoms. The van der Waals surface area contributed by atoms with Gasteiger partial charge in [0.15, 0.2) is 11.5 Å². The third kappa shape index (κ3) is 4.90. The summed E-state index contributed by atoms with van der Waals surface area (Å²) in [5, 5.41) is 2.33. The van der Waals surface area contributed by atoms with Gasteiger partial charge in [-0.1, -0.05) is 29.8 Å². The number of rotatable bonds is 7. The van der Waals surface area contributed by atoms with Gasteiger partial charge in [0.2, 0.25) is 15.0 Å². The van der Waals surface area contributed by atoms with E-state index in [0.717, 1.165) is 17.1 Å². The highest BCUT2D eigenvalue weighted by atomic mass is 32.2. The molecule has 0 radical (unpaired) electrons. The molecule has 0 unspecified atom stereocenters. The summed E-state index contributed by atoms with van der Waals surface area (Å²) < 4.78 is 39.3. The summed E-state index contributed by atoms with van der Waals surface area (Å²) in [5.41, 5.74) is 1.99. The molecule has 1 N–H and O–H groups in total. The molecule has 10 heteroatoms. The van der Waals surface area contributed by atoms with Crippen LogP contribution in [0.3, 0.4) is 0 Å². The minimum atomic E-state index is -3.73. The molecule has 3 rings (SSSR count). The predicted octanol–water partition coefficient (Wildman–Crippen LogP) is 3.09. The van der Waals surface area contributed by atoms with Crippen LogP contribution >= 0.6 is 11.5 Å². The van der Waals surface area contributed by atoms with Gasteiger partial charge in [-0.15, -0.1) is 0 Å². The van der Waals surface area contributed by atoms with E-state index in [9.17, 15) is 13.2 Å². The van der Waals surface area contributed by atoms with E-state index >= 15 is 0 Å². The van der Waals surface area contributed by atoms with Crippen LogP contribution in [0.1, 0.15) is 21.5 Å². The largest absolute Gasteiger partial charge is 0.493 e. The van der Waals surface area contributed by atoms with Crippen molar-refractivity contribution in [3.05, 3.63) is 59.2 Å². The molecule has 0 atom stereocenters. The minimum Gasteiger partial charge on any atom is -0.493 e. The van der Waals surface area contributed by atoms with Crippen molar-refractivity contribution in [3.63, 3.8) is 0 Å². The number of methoxy groups -OCH3 is 2. The summed E-state index contributed by atoms with van der Waals surface area (Å²) in [6.45, 7) is 1.92. The quantitative estimate of drug-likeness (QED) is 0.610. The molecule has 0 saturated heterocycles. The third-order valence-electron chi connectivity index (χ3n) is 4.03. The topological polar surface area (TPSA) is 107 Å². The summed E-state index contributed by atoms with van der Waals surface area (Å²) in [6.07, 6.45) is 0. The molecule has 0 saturated carbocycles. The number of aryl methyl sites for hydroxylation is 1. The van der Waals surface area contributed by atoms with Crippen molar-refractivity contribution in [3.8, 4) is 11.5 Å². The standard InChI is InChI=1S/C19H19N3O5S2/c1-12-4-6-13(7-5-12)11-29(24,25)19-21-18(28-22-19)20-17(23)14-8-9-15(26-2)16(10-14)27-3/h4-10H,11H2,1-3H3,(H,20,21,22,23). The Morgan fingerprint density at radius 2 is 1.76 bits per heavy atom. The second-order valence-corrected chi connectivity index (χ2v) is 8.79. The highest BCUT2D eigenvalue weighted by Crippen LogP contribution is 2.28. The van der Waals surface area contributed by atoms with E-state index < -0.39 is 15.7 Å². The summed E-state index contributed by atoms with van der Waals surface area (Å²) in [4.78, 5) is 16.4. The molecule has 8 nitrogen and oxygen atoms in total. The first-order chi connectivity index (χ1) is 13.8. The van der Waals surface area contributed by atoms with Crippen molar-refractivity contribution in [2.24, 2.45) is 0 Å². The molecule has 1 aromatic heterocycles. The molecule has 0 aliphatic rings. The molecular weight excluding hydrogens is 414 g/mol. The zero-order valence-corrected chi connectivity index (χ0v) is 17.6. The molecule has 0 bridgehead atoms.